The molecule has 0 radical (unpaired) electrons. The average Bonchev–Trinajstić information content (AvgIpc) is 2.50. The summed E-state index contributed by atoms with van der Waals surface area (Å²) in [5, 5.41) is 2.76. The van der Waals surface area contributed by atoms with Crippen LogP contribution in [0.3, 0.4) is 0 Å². The largest absolute Gasteiger partial charge is 0.437 e. The minimum atomic E-state index is -5.02. The number of halogens is 3. The molecule has 1 aliphatic rings. The van der Waals surface area contributed by atoms with E-state index in [1.54, 1.807) is 0 Å². The molecule has 0 aliphatic heterocycles. The Morgan fingerprint density at radius 1 is 1.16 bits per heavy atom. The van der Waals surface area contributed by atoms with Crippen LogP contribution in [-0.4, -0.2) is 37.6 Å². The van der Waals surface area contributed by atoms with Gasteiger partial charge in [0.15, 0.2) is 17.3 Å². The van der Waals surface area contributed by atoms with E-state index in [-0.39, 0.29) is 36.2 Å². The molecule has 0 spiro atoms. The van der Waals surface area contributed by atoms with Gasteiger partial charge in [-0.3, -0.25) is 13.9 Å². The van der Waals surface area contributed by atoms with Crippen LogP contribution in [-0.2, 0) is 14.4 Å². The highest BCUT2D eigenvalue weighted by atomic mass is 32.2. The van der Waals surface area contributed by atoms with Gasteiger partial charge in [0.1, 0.15) is 0 Å². The summed E-state index contributed by atoms with van der Waals surface area (Å²) in [7, 11) is -4.24. The second-order valence-corrected chi connectivity index (χ2v) is 7.05. The molecule has 0 saturated carbocycles. The van der Waals surface area contributed by atoms with Crippen molar-refractivity contribution in [1.82, 2.24) is 0 Å². The van der Waals surface area contributed by atoms with Crippen molar-refractivity contribution in [2.45, 2.75) is 32.4 Å². The van der Waals surface area contributed by atoms with E-state index in [2.05, 4.69) is 9.44 Å². The Balaban J connectivity index is 2.48. The van der Waals surface area contributed by atoms with E-state index in [0.717, 1.165) is 18.2 Å². The quantitative estimate of drug-likeness (QED) is 0.581. The summed E-state index contributed by atoms with van der Waals surface area (Å²) in [5.74, 6) is -1.29. The fraction of sp³-hybridized carbons (Fsp3) is 0.400. The maximum Gasteiger partial charge on any atom is 0.437 e. The van der Waals surface area contributed by atoms with Crippen LogP contribution in [0.25, 0.3) is 0 Å². The number of ketones is 2. The number of fused-ring (bicyclic) bond motifs is 1. The first-order valence-corrected chi connectivity index (χ1v) is 8.90. The second-order valence-electron chi connectivity index (χ2n) is 5.38. The van der Waals surface area contributed by atoms with Crippen LogP contribution in [0.15, 0.2) is 23.4 Å². The smallest absolute Gasteiger partial charge is 0.294 e. The van der Waals surface area contributed by atoms with Gasteiger partial charge in [-0.1, -0.05) is 24.2 Å². The molecule has 0 amide bonds. The van der Waals surface area contributed by atoms with Crippen molar-refractivity contribution in [3.8, 4) is 0 Å². The van der Waals surface area contributed by atoms with Gasteiger partial charge < -0.3 is 0 Å². The van der Waals surface area contributed by atoms with Gasteiger partial charge in [0, 0.05) is 29.5 Å². The molecule has 0 atom stereocenters. The van der Waals surface area contributed by atoms with E-state index >= 15 is 0 Å². The third-order valence-electron chi connectivity index (χ3n) is 3.44. The molecular weight excluding hydrogens is 363 g/mol. The number of benzene rings is 1. The minimum absolute atomic E-state index is 0.00374. The first-order valence-electron chi connectivity index (χ1n) is 7.32. The molecule has 0 N–H and O–H groups in total. The van der Waals surface area contributed by atoms with Gasteiger partial charge in [-0.2, -0.15) is 21.6 Å². The van der Waals surface area contributed by atoms with E-state index < -0.39 is 39.1 Å². The number of alkyl halides is 3. The first kappa shape index (κ1) is 19.1. The fourth-order valence-electron chi connectivity index (χ4n) is 2.31. The van der Waals surface area contributed by atoms with Crippen LogP contribution in [0.1, 0.15) is 52.5 Å². The molecule has 1 aromatic rings. The summed E-state index contributed by atoms with van der Waals surface area (Å²) < 4.78 is 66.6. The van der Waals surface area contributed by atoms with Gasteiger partial charge in [-0.25, -0.2) is 0 Å². The topological polar surface area (TPSA) is 89.9 Å². The molecule has 0 heterocycles. The number of oxime groups is 1. The highest BCUT2D eigenvalue weighted by Crippen LogP contribution is 2.27. The lowest BCUT2D eigenvalue weighted by molar-refractivity contribution is -0.0597. The van der Waals surface area contributed by atoms with Gasteiger partial charge in [0.2, 0.25) is 0 Å². The Kier molecular flexibility index (Phi) is 5.31. The molecule has 25 heavy (non-hydrogen) atoms. The SMILES string of the molecule is CCCS(=O)(=O)ON=C(c1ccc2c(c1)C(=O)CCC2=O)C(F)(F)F. The molecule has 6 nitrogen and oxygen atoms in total. The van der Waals surface area contributed by atoms with E-state index in [4.69, 9.17) is 0 Å². The lowest BCUT2D eigenvalue weighted by Gasteiger charge is -2.16. The van der Waals surface area contributed by atoms with E-state index in [0.29, 0.717) is 0 Å². The number of rotatable bonds is 5. The Labute approximate surface area is 141 Å². The van der Waals surface area contributed by atoms with Crippen molar-refractivity contribution in [1.29, 1.82) is 0 Å². The van der Waals surface area contributed by atoms with Crippen LogP contribution in [0.4, 0.5) is 13.2 Å². The Hall–Kier alpha value is -2.23. The summed E-state index contributed by atoms with van der Waals surface area (Å²) in [6.07, 6.45) is -4.95. The predicted molar refractivity (Wildman–Crippen MR) is 82.1 cm³/mol. The molecule has 136 valence electrons. The van der Waals surface area contributed by atoms with Crippen LogP contribution in [0.2, 0.25) is 0 Å². The molecule has 0 unspecified atom stereocenters. The monoisotopic (exact) mass is 377 g/mol. The summed E-state index contributed by atoms with van der Waals surface area (Å²) in [5.41, 5.74) is -2.25. The van der Waals surface area contributed by atoms with E-state index in [9.17, 15) is 31.2 Å². The number of hydrogen-bond acceptors (Lipinski definition) is 6. The first-order chi connectivity index (χ1) is 11.5. The average molecular weight is 377 g/mol. The number of hydrogen-bond donors (Lipinski definition) is 0. The van der Waals surface area contributed by atoms with Crippen LogP contribution in [0, 0.1) is 0 Å². The molecule has 1 aliphatic carbocycles. The summed E-state index contributed by atoms with van der Waals surface area (Å²) >= 11 is 0. The van der Waals surface area contributed by atoms with Crippen LogP contribution < -0.4 is 0 Å². The molecule has 2 rings (SSSR count). The zero-order chi connectivity index (χ0) is 18.8. The van der Waals surface area contributed by atoms with Gasteiger partial charge >= 0.3 is 16.3 Å². The third kappa shape index (κ3) is 4.44. The van der Waals surface area contributed by atoms with E-state index in [1.807, 2.05) is 0 Å². The lowest BCUT2D eigenvalue weighted by Crippen LogP contribution is -2.26. The molecule has 0 fully saturated rings. The van der Waals surface area contributed by atoms with Gasteiger partial charge in [0.25, 0.3) is 0 Å². The number of Topliss-reactive ketones (excluding diaryl/α,β-unsaturated/α-hetero) is 2. The second kappa shape index (κ2) is 6.95. The van der Waals surface area contributed by atoms with Crippen molar-refractivity contribution in [3.05, 3.63) is 34.9 Å². The molecule has 0 saturated heterocycles. The van der Waals surface area contributed by atoms with Crippen molar-refractivity contribution < 1.29 is 35.5 Å². The highest BCUT2D eigenvalue weighted by molar-refractivity contribution is 7.86. The molecule has 1 aromatic carbocycles. The molecular formula is C15H14F3NO5S. The van der Waals surface area contributed by atoms with Crippen molar-refractivity contribution >= 4 is 27.4 Å². The van der Waals surface area contributed by atoms with Gasteiger partial charge in [-0.15, -0.1) is 0 Å². The Morgan fingerprint density at radius 2 is 1.76 bits per heavy atom. The molecule has 0 bridgehead atoms. The molecule has 0 aromatic heterocycles. The zero-order valence-corrected chi connectivity index (χ0v) is 13.9. The highest BCUT2D eigenvalue weighted by Gasteiger charge is 2.39. The number of carbonyl (C=O) groups is 2. The zero-order valence-electron chi connectivity index (χ0n) is 13.1. The van der Waals surface area contributed by atoms with Crippen molar-refractivity contribution in [2.24, 2.45) is 5.16 Å². The van der Waals surface area contributed by atoms with Crippen LogP contribution in [0.5, 0.6) is 0 Å². The molecule has 10 heteroatoms. The number of carbonyl (C=O) groups excluding carboxylic acids is 2. The maximum absolute atomic E-state index is 13.2. The van der Waals surface area contributed by atoms with E-state index in [1.165, 1.54) is 6.92 Å². The normalized spacial score (nSPS) is 15.9. The Morgan fingerprint density at radius 3 is 2.32 bits per heavy atom. The Bertz CT molecular complexity index is 843. The summed E-state index contributed by atoms with van der Waals surface area (Å²) in [6.45, 7) is 1.52. The fourth-order valence-corrected chi connectivity index (χ4v) is 3.07. The summed E-state index contributed by atoms with van der Waals surface area (Å²) in [4.78, 5) is 23.6. The maximum atomic E-state index is 13.2. The van der Waals surface area contributed by atoms with Crippen LogP contribution >= 0.6 is 0 Å². The lowest BCUT2D eigenvalue weighted by atomic mass is 9.88. The standard InChI is InChI=1S/C15H14F3NO5S/c1-2-7-25(22,23)24-19-14(15(16,17)18)9-3-4-10-11(8-9)13(21)6-5-12(10)20/h3-4,8H,2,5-7H2,1H3. The predicted octanol–water partition coefficient (Wildman–Crippen LogP) is 2.87. The summed E-state index contributed by atoms with van der Waals surface area (Å²) in [6, 6.07) is 2.94. The minimum Gasteiger partial charge on any atom is -0.294 e. The number of nitrogens with zero attached hydrogens (tertiary/aromatic N) is 1. The van der Waals surface area contributed by atoms with Gasteiger partial charge in [-0.05, 0) is 12.5 Å². The van der Waals surface area contributed by atoms with Crippen molar-refractivity contribution in [2.75, 3.05) is 5.75 Å². The van der Waals surface area contributed by atoms with Gasteiger partial charge in [0.05, 0.1) is 5.75 Å². The third-order valence-corrected chi connectivity index (χ3v) is 4.65. The van der Waals surface area contributed by atoms with Crippen molar-refractivity contribution in [3.63, 3.8) is 0 Å².